The number of amides is 1. The third-order valence-corrected chi connectivity index (χ3v) is 3.10. The molecule has 0 fully saturated rings. The molecule has 2 N–H and O–H groups in total. The standard InChI is InChI=1S/C15H13ClN2O3/c16-13-7-6-11(9-17-13)14(19)18-12(15(20)21)8-10-4-2-1-3-5-10/h1-7,9,12H,8H2,(H,18,19)(H,20,21)/t12-/m1/s1. The molecule has 2 aromatic rings. The summed E-state index contributed by atoms with van der Waals surface area (Å²) in [5.41, 5.74) is 1.10. The second kappa shape index (κ2) is 6.85. The van der Waals surface area contributed by atoms with Crippen LogP contribution in [-0.2, 0) is 11.2 Å². The van der Waals surface area contributed by atoms with E-state index in [1.54, 1.807) is 0 Å². The first kappa shape index (κ1) is 15.0. The summed E-state index contributed by atoms with van der Waals surface area (Å²) in [4.78, 5) is 27.1. The maximum atomic E-state index is 12.0. The number of rotatable bonds is 5. The van der Waals surface area contributed by atoms with Crippen molar-refractivity contribution in [3.8, 4) is 0 Å². The van der Waals surface area contributed by atoms with Gasteiger partial charge in [0.15, 0.2) is 0 Å². The largest absolute Gasteiger partial charge is 0.480 e. The van der Waals surface area contributed by atoms with Crippen LogP contribution in [0.3, 0.4) is 0 Å². The van der Waals surface area contributed by atoms with Gasteiger partial charge in [-0.25, -0.2) is 9.78 Å². The molecule has 0 saturated heterocycles. The SMILES string of the molecule is O=C(N[C@H](Cc1ccccc1)C(=O)O)c1ccc(Cl)nc1. The van der Waals surface area contributed by atoms with E-state index in [4.69, 9.17) is 11.6 Å². The lowest BCUT2D eigenvalue weighted by Gasteiger charge is -2.14. The number of benzene rings is 1. The highest BCUT2D eigenvalue weighted by Crippen LogP contribution is 2.07. The van der Waals surface area contributed by atoms with E-state index >= 15 is 0 Å². The van der Waals surface area contributed by atoms with Gasteiger partial charge in [-0.15, -0.1) is 0 Å². The van der Waals surface area contributed by atoms with Crippen molar-refractivity contribution in [2.75, 3.05) is 0 Å². The van der Waals surface area contributed by atoms with Crippen molar-refractivity contribution in [2.24, 2.45) is 0 Å². The molecule has 0 bridgehead atoms. The predicted octanol–water partition coefficient (Wildman–Crippen LogP) is 2.16. The molecule has 1 amide bonds. The van der Waals surface area contributed by atoms with Crippen LogP contribution in [0.4, 0.5) is 0 Å². The van der Waals surface area contributed by atoms with Crippen molar-refractivity contribution in [2.45, 2.75) is 12.5 Å². The molecule has 2 rings (SSSR count). The number of carbonyl (C=O) groups is 2. The molecule has 21 heavy (non-hydrogen) atoms. The summed E-state index contributed by atoms with van der Waals surface area (Å²) < 4.78 is 0. The van der Waals surface area contributed by atoms with Crippen molar-refractivity contribution < 1.29 is 14.7 Å². The van der Waals surface area contributed by atoms with E-state index < -0.39 is 17.9 Å². The molecule has 1 aromatic heterocycles. The average molecular weight is 305 g/mol. The topological polar surface area (TPSA) is 79.3 Å². The fourth-order valence-corrected chi connectivity index (χ4v) is 1.91. The van der Waals surface area contributed by atoms with E-state index in [1.807, 2.05) is 30.3 Å². The number of hydrogen-bond acceptors (Lipinski definition) is 3. The van der Waals surface area contributed by atoms with Gasteiger partial charge in [0.2, 0.25) is 0 Å². The first-order chi connectivity index (χ1) is 10.1. The lowest BCUT2D eigenvalue weighted by molar-refractivity contribution is -0.139. The number of aliphatic carboxylic acids is 1. The molecule has 1 heterocycles. The van der Waals surface area contributed by atoms with E-state index in [0.717, 1.165) is 5.56 Å². The number of hydrogen-bond donors (Lipinski definition) is 2. The van der Waals surface area contributed by atoms with Crippen LogP contribution in [0.25, 0.3) is 0 Å². The molecular weight excluding hydrogens is 292 g/mol. The van der Waals surface area contributed by atoms with Crippen LogP contribution in [0.1, 0.15) is 15.9 Å². The van der Waals surface area contributed by atoms with E-state index in [-0.39, 0.29) is 17.1 Å². The Kier molecular flexibility index (Phi) is 4.90. The van der Waals surface area contributed by atoms with Crippen LogP contribution >= 0.6 is 11.6 Å². The zero-order valence-corrected chi connectivity index (χ0v) is 11.7. The first-order valence-electron chi connectivity index (χ1n) is 6.25. The van der Waals surface area contributed by atoms with E-state index in [0.29, 0.717) is 0 Å². The summed E-state index contributed by atoms with van der Waals surface area (Å²) in [5, 5.41) is 12.0. The van der Waals surface area contributed by atoms with Gasteiger partial charge in [-0.3, -0.25) is 4.79 Å². The second-order valence-electron chi connectivity index (χ2n) is 4.42. The van der Waals surface area contributed by atoms with Crippen molar-refractivity contribution >= 4 is 23.5 Å². The second-order valence-corrected chi connectivity index (χ2v) is 4.81. The molecule has 0 unspecified atom stereocenters. The number of carboxylic acid groups (broad SMARTS) is 1. The summed E-state index contributed by atoms with van der Waals surface area (Å²) in [6.07, 6.45) is 1.52. The third-order valence-electron chi connectivity index (χ3n) is 2.88. The van der Waals surface area contributed by atoms with E-state index in [2.05, 4.69) is 10.3 Å². The van der Waals surface area contributed by atoms with Gasteiger partial charge in [-0.2, -0.15) is 0 Å². The van der Waals surface area contributed by atoms with Crippen molar-refractivity contribution in [1.82, 2.24) is 10.3 Å². The molecular formula is C15H13ClN2O3. The van der Waals surface area contributed by atoms with Crippen molar-refractivity contribution in [3.05, 3.63) is 64.9 Å². The molecule has 0 aliphatic rings. The molecule has 0 spiro atoms. The summed E-state index contributed by atoms with van der Waals surface area (Å²) in [6.45, 7) is 0. The van der Waals surface area contributed by atoms with Crippen molar-refractivity contribution in [1.29, 1.82) is 0 Å². The highest BCUT2D eigenvalue weighted by atomic mass is 35.5. The molecule has 0 saturated carbocycles. The van der Waals surface area contributed by atoms with Gasteiger partial charge in [0.05, 0.1) is 5.56 Å². The maximum absolute atomic E-state index is 12.0. The summed E-state index contributed by atoms with van der Waals surface area (Å²) in [6, 6.07) is 11.1. The quantitative estimate of drug-likeness (QED) is 0.830. The van der Waals surface area contributed by atoms with Gasteiger partial charge < -0.3 is 10.4 Å². The molecule has 5 nitrogen and oxygen atoms in total. The smallest absolute Gasteiger partial charge is 0.326 e. The normalized spacial score (nSPS) is 11.7. The lowest BCUT2D eigenvalue weighted by atomic mass is 10.1. The molecule has 0 aliphatic carbocycles. The predicted molar refractivity (Wildman–Crippen MR) is 78.3 cm³/mol. The summed E-state index contributed by atoms with van der Waals surface area (Å²) in [7, 11) is 0. The van der Waals surface area contributed by atoms with Gasteiger partial charge in [-0.05, 0) is 17.7 Å². The molecule has 108 valence electrons. The van der Waals surface area contributed by atoms with Gasteiger partial charge in [0.1, 0.15) is 11.2 Å². The number of nitrogens with one attached hydrogen (secondary N) is 1. The zero-order valence-electron chi connectivity index (χ0n) is 11.0. The number of carboxylic acids is 1. The van der Waals surface area contributed by atoms with Crippen LogP contribution < -0.4 is 5.32 Å². The molecule has 6 heteroatoms. The Balaban J connectivity index is 2.07. The van der Waals surface area contributed by atoms with Gasteiger partial charge in [0, 0.05) is 12.6 Å². The summed E-state index contributed by atoms with van der Waals surface area (Å²) >= 11 is 5.64. The van der Waals surface area contributed by atoms with Crippen LogP contribution in [0, 0.1) is 0 Å². The highest BCUT2D eigenvalue weighted by Gasteiger charge is 2.21. The third kappa shape index (κ3) is 4.29. The molecule has 1 atom stereocenters. The zero-order chi connectivity index (χ0) is 15.2. The fourth-order valence-electron chi connectivity index (χ4n) is 1.80. The average Bonchev–Trinajstić information content (AvgIpc) is 2.48. The van der Waals surface area contributed by atoms with Crippen LogP contribution in [0.2, 0.25) is 5.15 Å². The maximum Gasteiger partial charge on any atom is 0.326 e. The Bertz CT molecular complexity index is 629. The number of nitrogens with zero attached hydrogens (tertiary/aromatic N) is 1. The van der Waals surface area contributed by atoms with Crippen LogP contribution in [0.15, 0.2) is 48.7 Å². The lowest BCUT2D eigenvalue weighted by Crippen LogP contribution is -2.42. The van der Waals surface area contributed by atoms with E-state index in [1.165, 1.54) is 18.3 Å². The van der Waals surface area contributed by atoms with Crippen molar-refractivity contribution in [3.63, 3.8) is 0 Å². The minimum absolute atomic E-state index is 0.211. The highest BCUT2D eigenvalue weighted by molar-refractivity contribution is 6.29. The minimum Gasteiger partial charge on any atom is -0.480 e. The Labute approximate surface area is 126 Å². The number of carbonyl (C=O) groups excluding carboxylic acids is 1. The molecule has 1 aromatic carbocycles. The first-order valence-corrected chi connectivity index (χ1v) is 6.63. The molecule has 0 aliphatic heterocycles. The minimum atomic E-state index is -1.09. The van der Waals surface area contributed by atoms with Gasteiger partial charge >= 0.3 is 5.97 Å². The fraction of sp³-hybridized carbons (Fsp3) is 0.133. The van der Waals surface area contributed by atoms with Crippen LogP contribution in [0.5, 0.6) is 0 Å². The Morgan fingerprint density at radius 3 is 2.48 bits per heavy atom. The van der Waals surface area contributed by atoms with Gasteiger partial charge in [0.25, 0.3) is 5.91 Å². The van der Waals surface area contributed by atoms with Crippen LogP contribution in [-0.4, -0.2) is 28.0 Å². The number of aromatic nitrogens is 1. The van der Waals surface area contributed by atoms with Gasteiger partial charge in [-0.1, -0.05) is 41.9 Å². The Morgan fingerprint density at radius 1 is 1.19 bits per heavy atom. The summed E-state index contributed by atoms with van der Waals surface area (Å²) in [5.74, 6) is -1.59. The Hall–Kier alpha value is -2.40. The molecule has 0 radical (unpaired) electrons. The Morgan fingerprint density at radius 2 is 1.90 bits per heavy atom. The monoisotopic (exact) mass is 304 g/mol. The number of pyridine rings is 1. The van der Waals surface area contributed by atoms with E-state index in [9.17, 15) is 14.7 Å². The number of halogens is 1.